The number of hydrogen-bond acceptors (Lipinski definition) is 5. The number of thioether (sulfide) groups is 1. The van der Waals surface area contributed by atoms with Gasteiger partial charge in [-0.3, -0.25) is 9.98 Å². The Balaban J connectivity index is 1.57. The predicted molar refractivity (Wildman–Crippen MR) is 118 cm³/mol. The summed E-state index contributed by atoms with van der Waals surface area (Å²) in [4.78, 5) is 14.9. The van der Waals surface area contributed by atoms with Crippen LogP contribution in [0.3, 0.4) is 0 Å². The maximum Gasteiger partial charge on any atom is 0.160 e. The highest BCUT2D eigenvalue weighted by Gasteiger charge is 2.44. The maximum absolute atomic E-state index is 5.13. The van der Waals surface area contributed by atoms with Gasteiger partial charge in [-0.1, -0.05) is 30.8 Å². The number of aliphatic imine (C=N–C) groups is 1. The molecule has 3 aliphatic heterocycles. The number of rotatable bonds is 3. The molecule has 0 radical (unpaired) electrons. The maximum atomic E-state index is 5.13. The number of nitrogens with zero attached hydrogens (tertiary/aromatic N) is 4. The van der Waals surface area contributed by atoms with E-state index in [1.54, 1.807) is 0 Å². The van der Waals surface area contributed by atoms with Gasteiger partial charge in [0.1, 0.15) is 6.04 Å². The Hall–Kier alpha value is -2.01. The molecular formula is C23H28N4S. The minimum Gasteiger partial charge on any atom is -0.371 e. The van der Waals surface area contributed by atoms with Crippen molar-refractivity contribution in [3.05, 3.63) is 58.9 Å². The van der Waals surface area contributed by atoms with Crippen molar-refractivity contribution in [3.8, 4) is 0 Å². The molecule has 0 spiro atoms. The first kappa shape index (κ1) is 18.0. The fourth-order valence-electron chi connectivity index (χ4n) is 4.89. The van der Waals surface area contributed by atoms with Gasteiger partial charge in [-0.15, -0.1) is 0 Å². The molecule has 28 heavy (non-hydrogen) atoms. The van der Waals surface area contributed by atoms with Crippen molar-refractivity contribution in [1.82, 2.24) is 9.88 Å². The summed E-state index contributed by atoms with van der Waals surface area (Å²) in [7, 11) is 0. The molecule has 3 aliphatic rings. The number of amidine groups is 1. The standard InChI is InChI=1S/C23H28N4S/c1-15-13-20(26-10-6-7-11-26)16(2)12-18(15)22-21(19-8-4-5-9-24-19)25-23-27(22)14-17(3)28-23/h4-5,8-9,12-13,17,21-22H,6-7,10-11,14H2,1-3H3/t17-,21-,22-/m1/s1. The molecule has 2 fully saturated rings. The van der Waals surface area contributed by atoms with Crippen LogP contribution in [0.15, 0.2) is 41.5 Å². The summed E-state index contributed by atoms with van der Waals surface area (Å²) in [5.74, 6) is 0. The van der Waals surface area contributed by atoms with Gasteiger partial charge in [0.15, 0.2) is 5.17 Å². The molecule has 2 aromatic rings. The van der Waals surface area contributed by atoms with E-state index in [1.165, 1.54) is 53.5 Å². The summed E-state index contributed by atoms with van der Waals surface area (Å²) in [6.07, 6.45) is 4.51. The van der Waals surface area contributed by atoms with Crippen molar-refractivity contribution in [2.75, 3.05) is 24.5 Å². The van der Waals surface area contributed by atoms with Crippen LogP contribution in [0.25, 0.3) is 0 Å². The Morgan fingerprint density at radius 1 is 1.07 bits per heavy atom. The van der Waals surface area contributed by atoms with E-state index >= 15 is 0 Å². The minimum absolute atomic E-state index is 0.0759. The molecule has 5 heteroatoms. The van der Waals surface area contributed by atoms with Crippen LogP contribution in [0.4, 0.5) is 5.69 Å². The van der Waals surface area contributed by atoms with E-state index in [-0.39, 0.29) is 12.1 Å². The summed E-state index contributed by atoms with van der Waals surface area (Å²) < 4.78 is 0. The van der Waals surface area contributed by atoms with Gasteiger partial charge in [0, 0.05) is 36.8 Å². The second-order valence-electron chi connectivity index (χ2n) is 8.33. The molecule has 3 atom stereocenters. The lowest BCUT2D eigenvalue weighted by atomic mass is 9.91. The van der Waals surface area contributed by atoms with Crippen LogP contribution >= 0.6 is 11.8 Å². The molecular weight excluding hydrogens is 364 g/mol. The van der Waals surface area contributed by atoms with Crippen molar-refractivity contribution < 1.29 is 0 Å². The third-order valence-electron chi connectivity index (χ3n) is 6.23. The molecule has 0 N–H and O–H groups in total. The third-order valence-corrected chi connectivity index (χ3v) is 7.33. The summed E-state index contributed by atoms with van der Waals surface area (Å²) in [5, 5.41) is 1.78. The summed E-state index contributed by atoms with van der Waals surface area (Å²) in [6.45, 7) is 10.3. The van der Waals surface area contributed by atoms with Gasteiger partial charge in [-0.2, -0.15) is 0 Å². The molecule has 146 valence electrons. The van der Waals surface area contributed by atoms with E-state index in [9.17, 15) is 0 Å². The highest BCUT2D eigenvalue weighted by molar-refractivity contribution is 8.14. The fourth-order valence-corrected chi connectivity index (χ4v) is 5.99. The van der Waals surface area contributed by atoms with Crippen molar-refractivity contribution in [3.63, 3.8) is 0 Å². The summed E-state index contributed by atoms with van der Waals surface area (Å²) in [6, 6.07) is 11.3. The van der Waals surface area contributed by atoms with Gasteiger partial charge < -0.3 is 9.80 Å². The molecule has 5 rings (SSSR count). The number of benzene rings is 1. The lowest BCUT2D eigenvalue weighted by molar-refractivity contribution is 0.320. The van der Waals surface area contributed by atoms with E-state index in [1.807, 2.05) is 24.0 Å². The number of aryl methyl sites for hydroxylation is 2. The first-order valence-electron chi connectivity index (χ1n) is 10.4. The Labute approximate surface area is 172 Å². The SMILES string of the molecule is Cc1cc(N2CCCC2)c(C)cc1[C@@H]1[C@@H](c2ccccn2)N=C2S[C@H](C)CN21. The monoisotopic (exact) mass is 392 g/mol. The summed E-state index contributed by atoms with van der Waals surface area (Å²) in [5.41, 5.74) is 6.65. The van der Waals surface area contributed by atoms with Crippen LogP contribution in [-0.2, 0) is 0 Å². The lowest BCUT2D eigenvalue weighted by Gasteiger charge is -2.30. The molecule has 0 amide bonds. The second kappa shape index (κ2) is 7.11. The van der Waals surface area contributed by atoms with Crippen LogP contribution in [-0.4, -0.2) is 39.9 Å². The van der Waals surface area contributed by atoms with E-state index in [0.717, 1.165) is 12.2 Å². The van der Waals surface area contributed by atoms with E-state index in [2.05, 4.69) is 59.8 Å². The largest absolute Gasteiger partial charge is 0.371 e. The number of hydrogen-bond donors (Lipinski definition) is 0. The zero-order valence-corrected chi connectivity index (χ0v) is 17.7. The molecule has 0 saturated carbocycles. The Morgan fingerprint density at radius 2 is 1.89 bits per heavy atom. The van der Waals surface area contributed by atoms with Gasteiger partial charge in [0.25, 0.3) is 0 Å². The normalized spacial score (nSPS) is 26.7. The molecule has 1 aromatic carbocycles. The zero-order chi connectivity index (χ0) is 19.3. The average Bonchev–Trinajstić information content (AvgIpc) is 3.40. The molecule has 2 saturated heterocycles. The van der Waals surface area contributed by atoms with Crippen molar-refractivity contribution in [1.29, 1.82) is 0 Å². The lowest BCUT2D eigenvalue weighted by Crippen LogP contribution is -2.29. The topological polar surface area (TPSA) is 31.7 Å². The molecule has 1 aromatic heterocycles. The summed E-state index contributed by atoms with van der Waals surface area (Å²) >= 11 is 1.91. The van der Waals surface area contributed by atoms with Crippen LogP contribution in [0.1, 0.15) is 54.2 Å². The van der Waals surface area contributed by atoms with Gasteiger partial charge >= 0.3 is 0 Å². The number of pyridine rings is 1. The number of aromatic nitrogens is 1. The van der Waals surface area contributed by atoms with Crippen molar-refractivity contribution in [2.45, 2.75) is 50.9 Å². The zero-order valence-electron chi connectivity index (χ0n) is 16.9. The van der Waals surface area contributed by atoms with Crippen LogP contribution in [0.5, 0.6) is 0 Å². The third kappa shape index (κ3) is 3.00. The van der Waals surface area contributed by atoms with E-state index < -0.39 is 0 Å². The average molecular weight is 393 g/mol. The van der Waals surface area contributed by atoms with Crippen molar-refractivity contribution >= 4 is 22.6 Å². The van der Waals surface area contributed by atoms with Crippen LogP contribution in [0, 0.1) is 13.8 Å². The highest BCUT2D eigenvalue weighted by atomic mass is 32.2. The van der Waals surface area contributed by atoms with Crippen molar-refractivity contribution in [2.24, 2.45) is 4.99 Å². The quantitative estimate of drug-likeness (QED) is 0.744. The van der Waals surface area contributed by atoms with Crippen LogP contribution in [0.2, 0.25) is 0 Å². The predicted octanol–water partition coefficient (Wildman–Crippen LogP) is 4.89. The Morgan fingerprint density at radius 3 is 2.64 bits per heavy atom. The van der Waals surface area contributed by atoms with E-state index in [4.69, 9.17) is 4.99 Å². The first-order chi connectivity index (χ1) is 13.6. The molecule has 0 unspecified atom stereocenters. The molecule has 4 heterocycles. The fraction of sp³-hybridized carbons (Fsp3) is 0.478. The van der Waals surface area contributed by atoms with Gasteiger partial charge in [0.2, 0.25) is 0 Å². The van der Waals surface area contributed by atoms with Gasteiger partial charge in [-0.05, 0) is 61.6 Å². The molecule has 0 aliphatic carbocycles. The second-order valence-corrected chi connectivity index (χ2v) is 9.73. The molecule has 0 bridgehead atoms. The first-order valence-corrected chi connectivity index (χ1v) is 11.3. The number of fused-ring (bicyclic) bond motifs is 1. The minimum atomic E-state index is 0.0759. The smallest absolute Gasteiger partial charge is 0.160 e. The number of anilines is 1. The Kier molecular flexibility index (Phi) is 4.58. The molecule has 4 nitrogen and oxygen atoms in total. The van der Waals surface area contributed by atoms with Gasteiger partial charge in [0.05, 0.1) is 11.7 Å². The highest BCUT2D eigenvalue weighted by Crippen LogP contribution is 2.48. The van der Waals surface area contributed by atoms with Gasteiger partial charge in [-0.25, -0.2) is 0 Å². The Bertz CT molecular complexity index is 904. The van der Waals surface area contributed by atoms with Crippen LogP contribution < -0.4 is 4.90 Å². The van der Waals surface area contributed by atoms with E-state index in [0.29, 0.717) is 5.25 Å².